The SMILES string of the molecule is Cc1ccc(-c2ccc(N(c3ccccc3)c3ccc(N(c4ccccc4)c4ccc5ccccc5c4)cc3)cc2)cc1. The molecule has 7 aromatic carbocycles. The third-order valence-electron chi connectivity index (χ3n) is 7.90. The van der Waals surface area contributed by atoms with Gasteiger partial charge in [-0.2, -0.15) is 0 Å². The van der Waals surface area contributed by atoms with E-state index in [-0.39, 0.29) is 0 Å². The summed E-state index contributed by atoms with van der Waals surface area (Å²) in [6.07, 6.45) is 0. The number of aryl methyl sites for hydroxylation is 1. The van der Waals surface area contributed by atoms with Crippen molar-refractivity contribution in [3.63, 3.8) is 0 Å². The Labute approximate surface area is 253 Å². The number of hydrogen-bond acceptors (Lipinski definition) is 2. The monoisotopic (exact) mass is 552 g/mol. The van der Waals surface area contributed by atoms with Gasteiger partial charge in [-0.25, -0.2) is 0 Å². The number of benzene rings is 7. The molecule has 0 aliphatic heterocycles. The molecule has 0 spiro atoms. The van der Waals surface area contributed by atoms with E-state index in [0.717, 1.165) is 34.1 Å². The van der Waals surface area contributed by atoms with Crippen LogP contribution in [0.2, 0.25) is 0 Å². The Balaban J connectivity index is 1.27. The minimum Gasteiger partial charge on any atom is -0.311 e. The van der Waals surface area contributed by atoms with Crippen molar-refractivity contribution < 1.29 is 0 Å². The van der Waals surface area contributed by atoms with Crippen molar-refractivity contribution in [2.24, 2.45) is 0 Å². The van der Waals surface area contributed by atoms with Crippen molar-refractivity contribution >= 4 is 44.9 Å². The summed E-state index contributed by atoms with van der Waals surface area (Å²) in [5, 5.41) is 2.46. The molecular weight excluding hydrogens is 520 g/mol. The van der Waals surface area contributed by atoms with Crippen LogP contribution in [0.15, 0.2) is 176 Å². The van der Waals surface area contributed by atoms with Gasteiger partial charge in [0.1, 0.15) is 0 Å². The second kappa shape index (κ2) is 11.7. The molecule has 0 radical (unpaired) electrons. The van der Waals surface area contributed by atoms with Crippen LogP contribution in [0.25, 0.3) is 21.9 Å². The molecule has 0 bridgehead atoms. The van der Waals surface area contributed by atoms with Crippen LogP contribution in [0.5, 0.6) is 0 Å². The fourth-order valence-corrected chi connectivity index (χ4v) is 5.66. The molecule has 0 aliphatic rings. The molecule has 0 fully saturated rings. The molecule has 7 aromatic rings. The van der Waals surface area contributed by atoms with Gasteiger partial charge in [0.05, 0.1) is 0 Å². The maximum Gasteiger partial charge on any atom is 0.0468 e. The molecule has 7 rings (SSSR count). The summed E-state index contributed by atoms with van der Waals surface area (Å²) in [7, 11) is 0. The van der Waals surface area contributed by atoms with E-state index < -0.39 is 0 Å². The van der Waals surface area contributed by atoms with Gasteiger partial charge in [-0.05, 0) is 102 Å². The van der Waals surface area contributed by atoms with E-state index in [2.05, 4.69) is 193 Å². The van der Waals surface area contributed by atoms with Gasteiger partial charge in [0.2, 0.25) is 0 Å². The highest BCUT2D eigenvalue weighted by molar-refractivity contribution is 5.89. The lowest BCUT2D eigenvalue weighted by Crippen LogP contribution is -2.12. The van der Waals surface area contributed by atoms with Gasteiger partial charge < -0.3 is 9.80 Å². The predicted molar refractivity (Wildman–Crippen MR) is 183 cm³/mol. The van der Waals surface area contributed by atoms with Crippen LogP contribution in [-0.4, -0.2) is 0 Å². The Hall–Kier alpha value is -5.60. The topological polar surface area (TPSA) is 6.48 Å². The normalized spacial score (nSPS) is 10.9. The molecule has 2 heteroatoms. The van der Waals surface area contributed by atoms with Crippen molar-refractivity contribution in [1.29, 1.82) is 0 Å². The molecule has 0 unspecified atom stereocenters. The summed E-state index contributed by atoms with van der Waals surface area (Å²) < 4.78 is 0. The zero-order valence-corrected chi connectivity index (χ0v) is 24.1. The lowest BCUT2D eigenvalue weighted by Gasteiger charge is -2.28. The van der Waals surface area contributed by atoms with Gasteiger partial charge in [0, 0.05) is 34.1 Å². The Morgan fingerprint density at radius 3 is 1.21 bits per heavy atom. The summed E-state index contributed by atoms with van der Waals surface area (Å²) >= 11 is 0. The van der Waals surface area contributed by atoms with E-state index in [1.807, 2.05) is 0 Å². The largest absolute Gasteiger partial charge is 0.311 e. The van der Waals surface area contributed by atoms with E-state index in [1.54, 1.807) is 0 Å². The van der Waals surface area contributed by atoms with Gasteiger partial charge >= 0.3 is 0 Å². The zero-order valence-electron chi connectivity index (χ0n) is 24.1. The Morgan fingerprint density at radius 2 is 0.674 bits per heavy atom. The number of fused-ring (bicyclic) bond motifs is 1. The molecule has 0 saturated carbocycles. The molecule has 43 heavy (non-hydrogen) atoms. The number of nitrogens with zero attached hydrogens (tertiary/aromatic N) is 2. The first-order valence-corrected chi connectivity index (χ1v) is 14.7. The minimum absolute atomic E-state index is 1.10. The van der Waals surface area contributed by atoms with Gasteiger partial charge in [-0.1, -0.05) is 109 Å². The highest BCUT2D eigenvalue weighted by atomic mass is 15.2. The second-order valence-corrected chi connectivity index (χ2v) is 10.8. The minimum atomic E-state index is 1.10. The van der Waals surface area contributed by atoms with Crippen LogP contribution >= 0.6 is 0 Å². The first-order valence-electron chi connectivity index (χ1n) is 14.7. The summed E-state index contributed by atoms with van der Waals surface area (Å²) in [6.45, 7) is 2.12. The van der Waals surface area contributed by atoms with Gasteiger partial charge in [-0.3, -0.25) is 0 Å². The average molecular weight is 553 g/mol. The molecule has 0 heterocycles. The van der Waals surface area contributed by atoms with Crippen LogP contribution in [0, 0.1) is 6.92 Å². The standard InChI is InChI=1S/C41H32N2/c1-31-16-18-33(19-17-31)34-20-23-38(24-21-34)42(36-12-4-2-5-13-36)39-26-28-40(29-27-39)43(37-14-6-3-7-15-37)41-25-22-32-10-8-9-11-35(32)30-41/h2-30H,1H3. The van der Waals surface area contributed by atoms with Crippen molar-refractivity contribution in [2.75, 3.05) is 9.80 Å². The summed E-state index contributed by atoms with van der Waals surface area (Å²) in [5.41, 5.74) is 10.4. The highest BCUT2D eigenvalue weighted by Gasteiger charge is 2.16. The van der Waals surface area contributed by atoms with Gasteiger partial charge in [-0.15, -0.1) is 0 Å². The molecule has 0 aromatic heterocycles. The zero-order chi connectivity index (χ0) is 29.0. The molecule has 0 N–H and O–H groups in total. The molecule has 206 valence electrons. The van der Waals surface area contributed by atoms with Crippen LogP contribution < -0.4 is 9.80 Å². The van der Waals surface area contributed by atoms with E-state index in [0.29, 0.717) is 0 Å². The molecule has 0 aliphatic carbocycles. The van der Waals surface area contributed by atoms with Crippen molar-refractivity contribution in [1.82, 2.24) is 0 Å². The molecule has 2 nitrogen and oxygen atoms in total. The Morgan fingerprint density at radius 1 is 0.302 bits per heavy atom. The van der Waals surface area contributed by atoms with E-state index >= 15 is 0 Å². The average Bonchev–Trinajstić information content (AvgIpc) is 3.07. The van der Waals surface area contributed by atoms with Crippen molar-refractivity contribution in [3.05, 3.63) is 181 Å². The Bertz CT molecular complexity index is 1940. The van der Waals surface area contributed by atoms with Crippen LogP contribution in [0.4, 0.5) is 34.1 Å². The molecule has 0 saturated heterocycles. The lowest BCUT2D eigenvalue weighted by atomic mass is 10.0. The molecule has 0 atom stereocenters. The summed E-state index contributed by atoms with van der Waals surface area (Å²) in [4.78, 5) is 4.63. The summed E-state index contributed by atoms with van der Waals surface area (Å²) in [5.74, 6) is 0. The number of anilines is 6. The smallest absolute Gasteiger partial charge is 0.0468 e. The lowest BCUT2D eigenvalue weighted by molar-refractivity contribution is 1.26. The number of para-hydroxylation sites is 2. The first kappa shape index (κ1) is 26.3. The van der Waals surface area contributed by atoms with E-state index in [9.17, 15) is 0 Å². The quantitative estimate of drug-likeness (QED) is 0.194. The van der Waals surface area contributed by atoms with Gasteiger partial charge in [0.15, 0.2) is 0 Å². The fourth-order valence-electron chi connectivity index (χ4n) is 5.66. The predicted octanol–water partition coefficient (Wildman–Crippen LogP) is 11.8. The third-order valence-corrected chi connectivity index (χ3v) is 7.90. The van der Waals surface area contributed by atoms with Crippen molar-refractivity contribution in [2.45, 2.75) is 6.92 Å². The summed E-state index contributed by atoms with van der Waals surface area (Å²) in [6, 6.07) is 62.7. The molecule has 0 amide bonds. The van der Waals surface area contributed by atoms with Crippen LogP contribution in [0.1, 0.15) is 5.56 Å². The highest BCUT2D eigenvalue weighted by Crippen LogP contribution is 2.40. The fraction of sp³-hybridized carbons (Fsp3) is 0.0244. The van der Waals surface area contributed by atoms with Crippen LogP contribution in [0.3, 0.4) is 0 Å². The first-order chi connectivity index (χ1) is 21.2. The van der Waals surface area contributed by atoms with Gasteiger partial charge in [0.25, 0.3) is 0 Å². The van der Waals surface area contributed by atoms with Crippen LogP contribution in [-0.2, 0) is 0 Å². The second-order valence-electron chi connectivity index (χ2n) is 10.8. The number of hydrogen-bond donors (Lipinski definition) is 0. The van der Waals surface area contributed by atoms with E-state index in [4.69, 9.17) is 0 Å². The molecular formula is C41H32N2. The van der Waals surface area contributed by atoms with E-state index in [1.165, 1.54) is 27.5 Å². The maximum atomic E-state index is 2.32. The number of rotatable bonds is 7. The van der Waals surface area contributed by atoms with Crippen molar-refractivity contribution in [3.8, 4) is 11.1 Å². The third kappa shape index (κ3) is 5.51. The maximum absolute atomic E-state index is 2.32. The Kier molecular flexibility index (Phi) is 7.17.